The van der Waals surface area contributed by atoms with Gasteiger partial charge in [0.15, 0.2) is 0 Å². The third kappa shape index (κ3) is 5.46. The van der Waals surface area contributed by atoms with E-state index in [1.54, 1.807) is 6.92 Å². The Morgan fingerprint density at radius 1 is 1.14 bits per heavy atom. The molecule has 0 aliphatic carbocycles. The molecule has 1 aromatic rings. The first-order valence-electron chi connectivity index (χ1n) is 6.91. The van der Waals surface area contributed by atoms with Crippen molar-refractivity contribution < 1.29 is 49.0 Å². The molecule has 21 heavy (non-hydrogen) atoms. The van der Waals surface area contributed by atoms with Gasteiger partial charge in [-0.2, -0.15) is 0 Å². The third-order valence-electron chi connectivity index (χ3n) is 3.52. The largest absolute Gasteiger partial charge is 1.00 e. The van der Waals surface area contributed by atoms with Gasteiger partial charge in [-0.05, 0) is 49.9 Å². The predicted molar refractivity (Wildman–Crippen MR) is 74.8 cm³/mol. The number of hydrogen-bond acceptors (Lipinski definition) is 4. The second kappa shape index (κ2) is 9.23. The Bertz CT molecular complexity index is 523. The van der Waals surface area contributed by atoms with E-state index in [1.165, 1.54) is 6.07 Å². The van der Waals surface area contributed by atoms with E-state index in [2.05, 4.69) is 0 Å². The van der Waals surface area contributed by atoms with Crippen molar-refractivity contribution in [2.75, 3.05) is 0 Å². The van der Waals surface area contributed by atoms with Gasteiger partial charge in [-0.15, -0.1) is 0 Å². The van der Waals surface area contributed by atoms with E-state index in [1.807, 2.05) is 20.8 Å². The number of ether oxygens (including phenoxy) is 1. The average Bonchev–Trinajstić information content (AvgIpc) is 2.39. The van der Waals surface area contributed by atoms with Gasteiger partial charge >= 0.3 is 35.5 Å². The van der Waals surface area contributed by atoms with Crippen LogP contribution < -0.4 is 39.4 Å². The van der Waals surface area contributed by atoms with Gasteiger partial charge in [0.05, 0.1) is 5.97 Å². The van der Waals surface area contributed by atoms with Gasteiger partial charge in [0.2, 0.25) is 0 Å². The summed E-state index contributed by atoms with van der Waals surface area (Å²) in [5.41, 5.74) is 2.38. The number of aromatic carboxylic acids is 1. The number of carbonyl (C=O) groups excluding carboxylic acids is 2. The molecule has 4 nitrogen and oxygen atoms in total. The van der Waals surface area contributed by atoms with Gasteiger partial charge in [0, 0.05) is 12.0 Å². The first-order chi connectivity index (χ1) is 9.38. The van der Waals surface area contributed by atoms with Crippen molar-refractivity contribution >= 4 is 11.9 Å². The number of benzene rings is 1. The van der Waals surface area contributed by atoms with Gasteiger partial charge in [-0.3, -0.25) is 4.79 Å². The van der Waals surface area contributed by atoms with Gasteiger partial charge in [-0.25, -0.2) is 0 Å². The van der Waals surface area contributed by atoms with Crippen molar-refractivity contribution in [2.45, 2.75) is 53.4 Å². The van der Waals surface area contributed by atoms with Crippen LogP contribution in [0.25, 0.3) is 0 Å². The maximum absolute atomic E-state index is 11.8. The Morgan fingerprint density at radius 3 is 2.29 bits per heavy atom. The Kier molecular flexibility index (Phi) is 8.86. The smallest absolute Gasteiger partial charge is 0.545 e. The van der Waals surface area contributed by atoms with Crippen molar-refractivity contribution in [1.82, 2.24) is 0 Å². The Labute approximate surface area is 148 Å². The summed E-state index contributed by atoms with van der Waals surface area (Å²) in [5.74, 6) is -1.60. The van der Waals surface area contributed by atoms with Crippen LogP contribution in [0.1, 0.15) is 59.7 Å². The molecular weight excluding hydrogens is 279 g/mol. The molecule has 0 aliphatic rings. The average molecular weight is 300 g/mol. The van der Waals surface area contributed by atoms with E-state index in [-0.39, 0.29) is 40.9 Å². The van der Waals surface area contributed by atoms with E-state index in [0.717, 1.165) is 30.4 Å². The number of aryl methyl sites for hydroxylation is 1. The Hall–Kier alpha value is -0.840. The molecule has 0 amide bonds. The fourth-order valence-electron chi connectivity index (χ4n) is 2.03. The molecule has 0 heterocycles. The molecule has 5 heteroatoms. The molecule has 0 bridgehead atoms. The van der Waals surface area contributed by atoms with Gasteiger partial charge < -0.3 is 14.6 Å². The second-order valence-electron chi connectivity index (χ2n) is 5.04. The molecule has 110 valence electrons. The number of carboxylic acid groups (broad SMARTS) is 1. The topological polar surface area (TPSA) is 66.4 Å². The number of carbonyl (C=O) groups is 2. The zero-order valence-electron chi connectivity index (χ0n) is 13.5. The van der Waals surface area contributed by atoms with Crippen molar-refractivity contribution in [2.24, 2.45) is 0 Å². The molecule has 0 saturated carbocycles. The fraction of sp³-hybridized carbons (Fsp3) is 0.500. The minimum Gasteiger partial charge on any atom is -0.545 e. The number of hydrogen-bond donors (Lipinski definition) is 0. The first-order valence-corrected chi connectivity index (χ1v) is 6.91. The van der Waals surface area contributed by atoms with Crippen LogP contribution in [0.15, 0.2) is 6.07 Å². The molecular formula is C16H21NaO4. The standard InChI is InChI=1S/C16H22O4.Na/c1-5-6-7-8-14(17)20-15-12(4)11(3)10(2)9-13(15)16(18)19;/h9H,5-8H2,1-4H3,(H,18,19);/q;+1/p-1. The molecule has 0 fully saturated rings. The minimum absolute atomic E-state index is 0. The molecule has 0 aromatic heterocycles. The van der Waals surface area contributed by atoms with E-state index < -0.39 is 11.9 Å². The zero-order chi connectivity index (χ0) is 15.3. The Morgan fingerprint density at radius 2 is 1.76 bits per heavy atom. The summed E-state index contributed by atoms with van der Waals surface area (Å²) in [4.78, 5) is 23.0. The van der Waals surface area contributed by atoms with E-state index in [9.17, 15) is 14.7 Å². The SMILES string of the molecule is CCCCCC(=O)Oc1c(C(=O)[O-])cc(C)c(C)c1C.[Na+]. The van der Waals surface area contributed by atoms with Gasteiger partial charge in [0.25, 0.3) is 0 Å². The van der Waals surface area contributed by atoms with Gasteiger partial charge in [0.1, 0.15) is 5.75 Å². The van der Waals surface area contributed by atoms with Crippen molar-refractivity contribution in [3.8, 4) is 5.75 Å². The summed E-state index contributed by atoms with van der Waals surface area (Å²) < 4.78 is 5.26. The molecule has 0 unspecified atom stereocenters. The second-order valence-corrected chi connectivity index (χ2v) is 5.04. The van der Waals surface area contributed by atoms with Crippen molar-refractivity contribution in [3.05, 3.63) is 28.3 Å². The normalized spacial score (nSPS) is 9.90. The number of unbranched alkanes of at least 4 members (excludes halogenated alkanes) is 2. The minimum atomic E-state index is -1.33. The first kappa shape index (κ1) is 20.2. The van der Waals surface area contributed by atoms with Crippen LogP contribution in [0.2, 0.25) is 0 Å². The molecule has 0 radical (unpaired) electrons. The van der Waals surface area contributed by atoms with Crippen LogP contribution in [0.4, 0.5) is 0 Å². The van der Waals surface area contributed by atoms with Crippen LogP contribution >= 0.6 is 0 Å². The van der Waals surface area contributed by atoms with Gasteiger partial charge in [-0.1, -0.05) is 19.8 Å². The number of esters is 1. The van der Waals surface area contributed by atoms with Crippen LogP contribution in [0.3, 0.4) is 0 Å². The molecule has 0 atom stereocenters. The van der Waals surface area contributed by atoms with Crippen LogP contribution in [-0.4, -0.2) is 11.9 Å². The Balaban J connectivity index is 0.00000400. The van der Waals surface area contributed by atoms with Crippen LogP contribution in [-0.2, 0) is 4.79 Å². The summed E-state index contributed by atoms with van der Waals surface area (Å²) in [6.45, 7) is 7.50. The molecule has 1 aromatic carbocycles. The number of rotatable bonds is 6. The maximum Gasteiger partial charge on any atom is 1.00 e. The van der Waals surface area contributed by atoms with Crippen molar-refractivity contribution in [3.63, 3.8) is 0 Å². The summed E-state index contributed by atoms with van der Waals surface area (Å²) >= 11 is 0. The fourth-order valence-corrected chi connectivity index (χ4v) is 2.03. The quantitative estimate of drug-likeness (QED) is 0.306. The van der Waals surface area contributed by atoms with E-state index in [0.29, 0.717) is 12.0 Å². The predicted octanol–water partition coefficient (Wildman–Crippen LogP) is -0.535. The summed E-state index contributed by atoms with van der Waals surface area (Å²) in [6.07, 6.45) is 3.02. The summed E-state index contributed by atoms with van der Waals surface area (Å²) in [7, 11) is 0. The molecule has 0 N–H and O–H groups in total. The molecule has 0 aliphatic heterocycles. The van der Waals surface area contributed by atoms with Crippen molar-refractivity contribution in [1.29, 1.82) is 0 Å². The third-order valence-corrected chi connectivity index (χ3v) is 3.52. The van der Waals surface area contributed by atoms with Crippen LogP contribution in [0.5, 0.6) is 5.75 Å². The number of carboxylic acids is 1. The molecule has 0 saturated heterocycles. The summed E-state index contributed by atoms with van der Waals surface area (Å²) in [6, 6.07) is 1.49. The molecule has 0 spiro atoms. The monoisotopic (exact) mass is 300 g/mol. The summed E-state index contributed by atoms with van der Waals surface area (Å²) in [5, 5.41) is 11.2. The van der Waals surface area contributed by atoms with E-state index >= 15 is 0 Å². The van der Waals surface area contributed by atoms with Crippen LogP contribution in [0, 0.1) is 20.8 Å². The zero-order valence-corrected chi connectivity index (χ0v) is 15.5. The maximum atomic E-state index is 11.8. The molecule has 1 rings (SSSR count). The van der Waals surface area contributed by atoms with E-state index in [4.69, 9.17) is 4.74 Å².